The number of hydrogen-bond donors (Lipinski definition) is 3. The van der Waals surface area contributed by atoms with Crippen LogP contribution in [0.4, 0.5) is 5.69 Å². The van der Waals surface area contributed by atoms with Gasteiger partial charge in [-0.3, -0.25) is 14.5 Å². The van der Waals surface area contributed by atoms with E-state index >= 15 is 0 Å². The molecule has 0 saturated heterocycles. The number of amides is 1. The van der Waals surface area contributed by atoms with Gasteiger partial charge in [0.2, 0.25) is 5.91 Å². The van der Waals surface area contributed by atoms with Gasteiger partial charge in [-0.25, -0.2) is 4.79 Å². The molecule has 7 heteroatoms. The summed E-state index contributed by atoms with van der Waals surface area (Å²) >= 11 is 0. The molecule has 2 unspecified atom stereocenters. The largest absolute Gasteiger partial charge is 0.481 e. The molecule has 0 aliphatic carbocycles. The molecule has 20 heavy (non-hydrogen) atoms. The van der Waals surface area contributed by atoms with Crippen LogP contribution < -0.4 is 10.6 Å². The first-order chi connectivity index (χ1) is 9.34. The standard InChI is InChI=1S/C13H16N2O5/c1-8(13(19)20)15(9-5-3-2-4-6-9)12(18)10(14)7-11(16)17/h2-6,8,10H,7,14H2,1H3,(H,16,17)(H,19,20). The Kier molecular flexibility index (Phi) is 5.22. The Hall–Kier alpha value is -2.41. The molecule has 0 aliphatic rings. The van der Waals surface area contributed by atoms with Crippen LogP contribution in [0.25, 0.3) is 0 Å². The molecular formula is C13H16N2O5. The molecule has 0 bridgehead atoms. The quantitative estimate of drug-likeness (QED) is 0.689. The van der Waals surface area contributed by atoms with Gasteiger partial charge in [0.25, 0.3) is 0 Å². The van der Waals surface area contributed by atoms with E-state index in [9.17, 15) is 14.4 Å². The van der Waals surface area contributed by atoms with Crippen LogP contribution in [0.1, 0.15) is 13.3 Å². The predicted octanol–water partition coefficient (Wildman–Crippen LogP) is 0.295. The number of nitrogens with zero attached hydrogens (tertiary/aromatic N) is 1. The lowest BCUT2D eigenvalue weighted by Crippen LogP contribution is -2.51. The topological polar surface area (TPSA) is 121 Å². The Bertz CT molecular complexity index is 503. The first kappa shape index (κ1) is 15.6. The molecule has 1 aromatic carbocycles. The highest BCUT2D eigenvalue weighted by Crippen LogP contribution is 2.18. The summed E-state index contributed by atoms with van der Waals surface area (Å²) in [6.45, 7) is 1.33. The van der Waals surface area contributed by atoms with E-state index in [4.69, 9.17) is 15.9 Å². The van der Waals surface area contributed by atoms with Crippen LogP contribution in [0, 0.1) is 0 Å². The third-order valence-electron chi connectivity index (χ3n) is 2.73. The lowest BCUT2D eigenvalue weighted by Gasteiger charge is -2.28. The number of benzene rings is 1. The van der Waals surface area contributed by atoms with Crippen LogP contribution in [-0.2, 0) is 14.4 Å². The zero-order valence-electron chi connectivity index (χ0n) is 10.9. The first-order valence-electron chi connectivity index (χ1n) is 5.93. The predicted molar refractivity (Wildman–Crippen MR) is 71.3 cm³/mol. The molecule has 0 heterocycles. The van der Waals surface area contributed by atoms with E-state index in [1.165, 1.54) is 6.92 Å². The summed E-state index contributed by atoms with van der Waals surface area (Å²) in [6, 6.07) is 5.68. The summed E-state index contributed by atoms with van der Waals surface area (Å²) in [4.78, 5) is 34.9. The molecular weight excluding hydrogens is 264 g/mol. The van der Waals surface area contributed by atoms with Crippen molar-refractivity contribution in [3.8, 4) is 0 Å². The van der Waals surface area contributed by atoms with Crippen LogP contribution in [0.15, 0.2) is 30.3 Å². The molecule has 0 aliphatic heterocycles. The van der Waals surface area contributed by atoms with Crippen molar-refractivity contribution in [3.63, 3.8) is 0 Å². The number of carbonyl (C=O) groups is 3. The third-order valence-corrected chi connectivity index (χ3v) is 2.73. The fourth-order valence-corrected chi connectivity index (χ4v) is 1.69. The van der Waals surface area contributed by atoms with Crippen molar-refractivity contribution in [3.05, 3.63) is 30.3 Å². The van der Waals surface area contributed by atoms with Crippen LogP contribution in [0.5, 0.6) is 0 Å². The second-order valence-electron chi connectivity index (χ2n) is 4.26. The molecule has 1 aromatic rings. The number of para-hydroxylation sites is 1. The second-order valence-corrected chi connectivity index (χ2v) is 4.26. The lowest BCUT2D eigenvalue weighted by molar-refractivity contribution is -0.140. The maximum absolute atomic E-state index is 12.2. The van der Waals surface area contributed by atoms with Gasteiger partial charge in [0.05, 0.1) is 12.5 Å². The Morgan fingerprint density at radius 2 is 1.75 bits per heavy atom. The molecule has 2 atom stereocenters. The molecule has 1 rings (SSSR count). The number of nitrogens with two attached hydrogens (primary N) is 1. The summed E-state index contributed by atoms with van der Waals surface area (Å²) < 4.78 is 0. The van der Waals surface area contributed by atoms with Gasteiger partial charge in [0, 0.05) is 5.69 Å². The number of carboxylic acids is 2. The van der Waals surface area contributed by atoms with Crippen molar-refractivity contribution >= 4 is 23.5 Å². The van der Waals surface area contributed by atoms with Crippen molar-refractivity contribution in [1.29, 1.82) is 0 Å². The molecule has 4 N–H and O–H groups in total. The Labute approximate surface area is 115 Å². The van der Waals surface area contributed by atoms with E-state index in [2.05, 4.69) is 0 Å². The number of carboxylic acid groups (broad SMARTS) is 2. The molecule has 7 nitrogen and oxygen atoms in total. The highest BCUT2D eigenvalue weighted by Gasteiger charge is 2.31. The Balaban J connectivity index is 3.08. The molecule has 0 aromatic heterocycles. The van der Waals surface area contributed by atoms with Crippen LogP contribution >= 0.6 is 0 Å². The SMILES string of the molecule is CC(C(=O)O)N(C(=O)C(N)CC(=O)O)c1ccccc1. The number of rotatable bonds is 6. The van der Waals surface area contributed by atoms with E-state index in [0.717, 1.165) is 4.90 Å². The zero-order chi connectivity index (χ0) is 15.3. The summed E-state index contributed by atoms with van der Waals surface area (Å²) in [5, 5.41) is 17.7. The minimum atomic E-state index is -1.30. The average molecular weight is 280 g/mol. The van der Waals surface area contributed by atoms with E-state index in [-0.39, 0.29) is 0 Å². The van der Waals surface area contributed by atoms with Crippen LogP contribution in [0.3, 0.4) is 0 Å². The summed E-state index contributed by atoms with van der Waals surface area (Å²) in [6.07, 6.45) is -0.561. The van der Waals surface area contributed by atoms with Gasteiger partial charge in [-0.2, -0.15) is 0 Å². The molecule has 108 valence electrons. The molecule has 0 spiro atoms. The Morgan fingerprint density at radius 1 is 1.20 bits per heavy atom. The smallest absolute Gasteiger partial charge is 0.326 e. The van der Waals surface area contributed by atoms with E-state index in [0.29, 0.717) is 5.69 Å². The van der Waals surface area contributed by atoms with Crippen molar-refractivity contribution in [2.24, 2.45) is 5.73 Å². The highest BCUT2D eigenvalue weighted by atomic mass is 16.4. The summed E-state index contributed by atoms with van der Waals surface area (Å²) in [5.41, 5.74) is 5.88. The van der Waals surface area contributed by atoms with Gasteiger partial charge in [-0.15, -0.1) is 0 Å². The first-order valence-corrected chi connectivity index (χ1v) is 5.93. The van der Waals surface area contributed by atoms with E-state index in [1.54, 1.807) is 30.3 Å². The van der Waals surface area contributed by atoms with E-state index in [1.807, 2.05) is 0 Å². The van der Waals surface area contributed by atoms with Gasteiger partial charge in [0.15, 0.2) is 0 Å². The fraction of sp³-hybridized carbons (Fsp3) is 0.308. The maximum Gasteiger partial charge on any atom is 0.326 e. The summed E-state index contributed by atoms with van der Waals surface area (Å²) in [7, 11) is 0. The zero-order valence-corrected chi connectivity index (χ0v) is 10.9. The number of anilines is 1. The average Bonchev–Trinajstić information content (AvgIpc) is 2.39. The lowest BCUT2D eigenvalue weighted by atomic mass is 10.1. The third kappa shape index (κ3) is 3.79. The van der Waals surface area contributed by atoms with Crippen molar-refractivity contribution in [1.82, 2.24) is 0 Å². The Morgan fingerprint density at radius 3 is 2.20 bits per heavy atom. The minimum Gasteiger partial charge on any atom is -0.481 e. The van der Waals surface area contributed by atoms with Gasteiger partial charge >= 0.3 is 11.9 Å². The fourth-order valence-electron chi connectivity index (χ4n) is 1.69. The number of hydrogen-bond acceptors (Lipinski definition) is 4. The van der Waals surface area contributed by atoms with Crippen LogP contribution in [-0.4, -0.2) is 40.1 Å². The number of aliphatic carboxylic acids is 2. The van der Waals surface area contributed by atoms with Gasteiger partial charge in [0.1, 0.15) is 6.04 Å². The molecule has 1 amide bonds. The summed E-state index contributed by atoms with van der Waals surface area (Å²) in [5.74, 6) is -3.17. The monoisotopic (exact) mass is 280 g/mol. The van der Waals surface area contributed by atoms with Crippen LogP contribution in [0.2, 0.25) is 0 Å². The maximum atomic E-state index is 12.2. The second kappa shape index (κ2) is 6.67. The highest BCUT2D eigenvalue weighted by molar-refractivity contribution is 6.02. The minimum absolute atomic E-state index is 0.355. The van der Waals surface area contributed by atoms with Gasteiger partial charge in [-0.05, 0) is 19.1 Å². The van der Waals surface area contributed by atoms with Crippen molar-refractivity contribution < 1.29 is 24.6 Å². The number of carbonyl (C=O) groups excluding carboxylic acids is 1. The van der Waals surface area contributed by atoms with Crippen molar-refractivity contribution in [2.45, 2.75) is 25.4 Å². The molecule has 0 saturated carbocycles. The van der Waals surface area contributed by atoms with Gasteiger partial charge < -0.3 is 15.9 Å². The van der Waals surface area contributed by atoms with Gasteiger partial charge in [-0.1, -0.05) is 18.2 Å². The van der Waals surface area contributed by atoms with Crippen molar-refractivity contribution in [2.75, 3.05) is 4.90 Å². The molecule has 0 radical (unpaired) electrons. The normalized spacial score (nSPS) is 13.3. The van der Waals surface area contributed by atoms with E-state index < -0.39 is 36.4 Å². The molecule has 0 fully saturated rings.